The molecule has 3 rings (SSSR count). The molecule has 0 bridgehead atoms. The van der Waals surface area contributed by atoms with Crippen molar-refractivity contribution in [1.82, 2.24) is 10.1 Å². The van der Waals surface area contributed by atoms with Crippen LogP contribution < -0.4 is 9.47 Å². The van der Waals surface area contributed by atoms with Crippen LogP contribution in [-0.2, 0) is 0 Å². The Morgan fingerprint density at radius 1 is 0.870 bits per heavy atom. The second-order valence-corrected chi connectivity index (χ2v) is 5.02. The maximum Gasteiger partial charge on any atom is 0.223 e. The molecule has 5 nitrogen and oxygen atoms in total. The Morgan fingerprint density at radius 2 is 1.52 bits per heavy atom. The van der Waals surface area contributed by atoms with Gasteiger partial charge in [-0.1, -0.05) is 23.4 Å². The van der Waals surface area contributed by atoms with E-state index in [1.54, 1.807) is 6.92 Å². The fourth-order valence-electron chi connectivity index (χ4n) is 2.07. The lowest BCUT2D eigenvalue weighted by Gasteiger charge is -2.08. The van der Waals surface area contributed by atoms with Crippen LogP contribution in [0.15, 0.2) is 59.1 Å². The van der Waals surface area contributed by atoms with Gasteiger partial charge >= 0.3 is 0 Å². The first-order chi connectivity index (χ1) is 11.3. The van der Waals surface area contributed by atoms with Gasteiger partial charge in [-0.15, -0.1) is 0 Å². The summed E-state index contributed by atoms with van der Waals surface area (Å²) in [7, 11) is 0. The van der Waals surface area contributed by atoms with Crippen molar-refractivity contribution in [1.29, 1.82) is 0 Å². The molecule has 3 aromatic rings. The highest BCUT2D eigenvalue weighted by molar-refractivity contribution is 5.55. The lowest BCUT2D eigenvalue weighted by atomic mass is 10.2. The van der Waals surface area contributed by atoms with Crippen molar-refractivity contribution in [2.45, 2.75) is 13.3 Å². The van der Waals surface area contributed by atoms with E-state index in [4.69, 9.17) is 14.0 Å². The summed E-state index contributed by atoms with van der Waals surface area (Å²) in [6.45, 7) is 3.00. The molecule has 0 saturated heterocycles. The Labute approximate surface area is 134 Å². The number of nitrogens with zero attached hydrogens (tertiary/aromatic N) is 2. The third kappa shape index (κ3) is 4.32. The van der Waals surface area contributed by atoms with Gasteiger partial charge in [-0.2, -0.15) is 4.98 Å². The lowest BCUT2D eigenvalue weighted by Crippen LogP contribution is -2.04. The van der Waals surface area contributed by atoms with Crippen LogP contribution in [-0.4, -0.2) is 23.4 Å². The molecule has 5 heteroatoms. The smallest absolute Gasteiger partial charge is 0.223 e. The van der Waals surface area contributed by atoms with E-state index >= 15 is 0 Å². The van der Waals surface area contributed by atoms with Crippen LogP contribution >= 0.6 is 0 Å². The molecule has 1 heterocycles. The average Bonchev–Trinajstić information content (AvgIpc) is 3.03. The molecule has 0 aliphatic rings. The largest absolute Gasteiger partial charge is 0.493 e. The zero-order valence-electron chi connectivity index (χ0n) is 12.9. The van der Waals surface area contributed by atoms with Crippen LogP contribution in [0.4, 0.5) is 0 Å². The van der Waals surface area contributed by atoms with E-state index < -0.39 is 0 Å². The summed E-state index contributed by atoms with van der Waals surface area (Å²) in [4.78, 5) is 4.19. The molecule has 23 heavy (non-hydrogen) atoms. The molecular formula is C18H18N2O3. The summed E-state index contributed by atoms with van der Waals surface area (Å²) in [5.74, 6) is 2.84. The number of aryl methyl sites for hydroxylation is 1. The number of para-hydroxylation sites is 1. The molecule has 0 amide bonds. The number of ether oxygens (including phenoxy) is 2. The molecule has 0 N–H and O–H groups in total. The number of aromatic nitrogens is 2. The van der Waals surface area contributed by atoms with Crippen molar-refractivity contribution >= 4 is 0 Å². The summed E-state index contributed by atoms with van der Waals surface area (Å²) < 4.78 is 16.3. The number of hydrogen-bond acceptors (Lipinski definition) is 5. The molecule has 0 radical (unpaired) electrons. The zero-order chi connectivity index (χ0) is 15.9. The summed E-state index contributed by atoms with van der Waals surface area (Å²) in [5, 5.41) is 3.89. The molecule has 2 aromatic carbocycles. The van der Waals surface area contributed by atoms with E-state index in [2.05, 4.69) is 10.1 Å². The van der Waals surface area contributed by atoms with Crippen molar-refractivity contribution < 1.29 is 14.0 Å². The second kappa shape index (κ2) is 7.45. The van der Waals surface area contributed by atoms with Crippen molar-refractivity contribution in [3.63, 3.8) is 0 Å². The molecular weight excluding hydrogens is 292 g/mol. The first-order valence-corrected chi connectivity index (χ1v) is 7.53. The highest BCUT2D eigenvalue weighted by Crippen LogP contribution is 2.20. The molecule has 0 atom stereocenters. The average molecular weight is 310 g/mol. The van der Waals surface area contributed by atoms with Gasteiger partial charge < -0.3 is 14.0 Å². The van der Waals surface area contributed by atoms with E-state index in [0.717, 1.165) is 23.5 Å². The number of benzene rings is 2. The Bertz CT molecular complexity index is 724. The van der Waals surface area contributed by atoms with Crippen LogP contribution in [0.3, 0.4) is 0 Å². The zero-order valence-corrected chi connectivity index (χ0v) is 12.9. The molecule has 0 unspecified atom stereocenters. The predicted molar refractivity (Wildman–Crippen MR) is 86.5 cm³/mol. The second-order valence-electron chi connectivity index (χ2n) is 5.02. The highest BCUT2D eigenvalue weighted by atomic mass is 16.5. The lowest BCUT2D eigenvalue weighted by molar-refractivity contribution is 0.247. The van der Waals surface area contributed by atoms with Gasteiger partial charge in [0.1, 0.15) is 11.5 Å². The molecule has 0 aliphatic carbocycles. The highest BCUT2D eigenvalue weighted by Gasteiger charge is 2.05. The minimum Gasteiger partial charge on any atom is -0.493 e. The fraction of sp³-hybridized carbons (Fsp3) is 0.222. The standard InChI is InChI=1S/C18H18N2O3/c1-14-19-18(20-23-14)15-8-10-17(11-9-15)22-13-5-12-21-16-6-3-2-4-7-16/h2-4,6-11H,5,12-13H2,1H3. The maximum absolute atomic E-state index is 5.70. The third-order valence-electron chi connectivity index (χ3n) is 3.21. The van der Waals surface area contributed by atoms with Gasteiger partial charge in [0.05, 0.1) is 13.2 Å². The monoisotopic (exact) mass is 310 g/mol. The van der Waals surface area contributed by atoms with Gasteiger partial charge in [0, 0.05) is 18.9 Å². The van der Waals surface area contributed by atoms with Gasteiger partial charge in [0.25, 0.3) is 0 Å². The third-order valence-corrected chi connectivity index (χ3v) is 3.21. The first-order valence-electron chi connectivity index (χ1n) is 7.53. The number of rotatable bonds is 7. The van der Waals surface area contributed by atoms with Gasteiger partial charge in [-0.25, -0.2) is 0 Å². The van der Waals surface area contributed by atoms with E-state index in [-0.39, 0.29) is 0 Å². The Balaban J connectivity index is 1.42. The summed E-state index contributed by atoms with van der Waals surface area (Å²) in [5.41, 5.74) is 0.904. The summed E-state index contributed by atoms with van der Waals surface area (Å²) in [6.07, 6.45) is 0.820. The van der Waals surface area contributed by atoms with E-state index in [1.807, 2.05) is 54.6 Å². The van der Waals surface area contributed by atoms with Crippen molar-refractivity contribution in [3.05, 3.63) is 60.5 Å². The van der Waals surface area contributed by atoms with Gasteiger partial charge in [-0.05, 0) is 36.4 Å². The molecule has 0 saturated carbocycles. The Morgan fingerprint density at radius 3 is 2.13 bits per heavy atom. The summed E-state index contributed by atoms with van der Waals surface area (Å²) in [6, 6.07) is 17.4. The minimum absolute atomic E-state index is 0.554. The van der Waals surface area contributed by atoms with Gasteiger partial charge in [0.15, 0.2) is 0 Å². The van der Waals surface area contributed by atoms with Crippen LogP contribution in [0.2, 0.25) is 0 Å². The quantitative estimate of drug-likeness (QED) is 0.620. The van der Waals surface area contributed by atoms with Crippen molar-refractivity contribution in [2.24, 2.45) is 0 Å². The Hall–Kier alpha value is -2.82. The normalized spacial score (nSPS) is 10.5. The number of hydrogen-bond donors (Lipinski definition) is 0. The maximum atomic E-state index is 5.70. The van der Waals surface area contributed by atoms with Gasteiger partial charge in [-0.3, -0.25) is 0 Å². The molecule has 118 valence electrons. The minimum atomic E-state index is 0.554. The molecule has 0 aliphatic heterocycles. The molecule has 0 spiro atoms. The van der Waals surface area contributed by atoms with E-state index in [1.165, 1.54) is 0 Å². The SMILES string of the molecule is Cc1nc(-c2ccc(OCCCOc3ccccc3)cc2)no1. The Kier molecular flexibility index (Phi) is 4.88. The van der Waals surface area contributed by atoms with Crippen LogP contribution in [0, 0.1) is 6.92 Å². The molecule has 0 fully saturated rings. The van der Waals surface area contributed by atoms with E-state index in [9.17, 15) is 0 Å². The first kappa shape index (κ1) is 15.1. The van der Waals surface area contributed by atoms with Crippen LogP contribution in [0.25, 0.3) is 11.4 Å². The van der Waals surface area contributed by atoms with Crippen LogP contribution in [0.5, 0.6) is 11.5 Å². The van der Waals surface area contributed by atoms with Gasteiger partial charge in [0.2, 0.25) is 11.7 Å². The fourth-order valence-corrected chi connectivity index (χ4v) is 2.07. The van der Waals surface area contributed by atoms with E-state index in [0.29, 0.717) is 24.9 Å². The van der Waals surface area contributed by atoms with Crippen molar-refractivity contribution in [2.75, 3.05) is 13.2 Å². The topological polar surface area (TPSA) is 57.4 Å². The predicted octanol–water partition coefficient (Wildman–Crippen LogP) is 3.89. The van der Waals surface area contributed by atoms with Crippen molar-refractivity contribution in [3.8, 4) is 22.9 Å². The molecule has 1 aromatic heterocycles. The summed E-state index contributed by atoms with van der Waals surface area (Å²) >= 11 is 0. The van der Waals surface area contributed by atoms with Crippen LogP contribution in [0.1, 0.15) is 12.3 Å².